The number of carboxylic acid groups (broad SMARTS) is 1. The van der Waals surface area contributed by atoms with Gasteiger partial charge in [0.2, 0.25) is 0 Å². The lowest BCUT2D eigenvalue weighted by Gasteiger charge is -2.59. The predicted molar refractivity (Wildman–Crippen MR) is 79.4 cm³/mol. The van der Waals surface area contributed by atoms with Gasteiger partial charge in [-0.3, -0.25) is 14.7 Å². The molecule has 0 bridgehead atoms. The molecule has 1 spiro atoms. The van der Waals surface area contributed by atoms with Gasteiger partial charge in [0.25, 0.3) is 5.91 Å². The topological polar surface area (TPSA) is 95.1 Å². The maximum atomic E-state index is 12.6. The van der Waals surface area contributed by atoms with Crippen molar-refractivity contribution >= 4 is 22.8 Å². The van der Waals surface area contributed by atoms with Crippen LogP contribution in [0.25, 0.3) is 10.9 Å². The normalized spacial score (nSPS) is 25.5. The molecular formula is C16H17N3O3. The number of nitrogens with one attached hydrogen (secondary N) is 2. The molecule has 0 saturated heterocycles. The third-order valence-electron chi connectivity index (χ3n) is 5.36. The smallest absolute Gasteiger partial charge is 0.308 e. The van der Waals surface area contributed by atoms with E-state index in [9.17, 15) is 14.7 Å². The number of aromatic nitrogens is 2. The molecule has 1 amide bonds. The van der Waals surface area contributed by atoms with Crippen molar-refractivity contribution in [1.82, 2.24) is 15.5 Å². The van der Waals surface area contributed by atoms with Crippen molar-refractivity contribution in [1.29, 1.82) is 0 Å². The summed E-state index contributed by atoms with van der Waals surface area (Å²) in [7, 11) is 0. The van der Waals surface area contributed by atoms with Gasteiger partial charge in [-0.05, 0) is 30.7 Å². The second-order valence-electron chi connectivity index (χ2n) is 6.46. The summed E-state index contributed by atoms with van der Waals surface area (Å²) in [5, 5.41) is 19.9. The van der Waals surface area contributed by atoms with E-state index in [0.717, 1.165) is 24.6 Å². The number of amides is 1. The Bertz CT molecular complexity index is 763. The first-order valence-corrected chi connectivity index (χ1v) is 7.56. The molecule has 2 unspecified atom stereocenters. The molecule has 2 aliphatic rings. The fourth-order valence-corrected chi connectivity index (χ4v) is 3.96. The monoisotopic (exact) mass is 299 g/mol. The number of aliphatic carboxylic acids is 1. The zero-order valence-corrected chi connectivity index (χ0v) is 12.0. The molecule has 4 rings (SSSR count). The van der Waals surface area contributed by atoms with E-state index in [1.165, 1.54) is 0 Å². The van der Waals surface area contributed by atoms with Crippen molar-refractivity contribution in [2.75, 3.05) is 0 Å². The molecule has 1 aromatic heterocycles. The highest BCUT2D eigenvalue weighted by molar-refractivity contribution is 6.05. The first kappa shape index (κ1) is 13.3. The number of nitrogens with zero attached hydrogens (tertiary/aromatic N) is 1. The Kier molecular flexibility index (Phi) is 2.76. The number of fused-ring (bicyclic) bond motifs is 1. The number of carboxylic acids is 1. The minimum Gasteiger partial charge on any atom is -0.481 e. The second kappa shape index (κ2) is 4.56. The molecule has 6 nitrogen and oxygen atoms in total. The van der Waals surface area contributed by atoms with Crippen molar-refractivity contribution in [3.05, 3.63) is 30.0 Å². The predicted octanol–water partition coefficient (Wildman–Crippen LogP) is 1.94. The molecule has 2 saturated carbocycles. The standard InChI is InChI=1S/C16H17N3O3/c20-14(10-4-1-3-9-8-17-19-12(9)10)18-13-11(15(21)22)7-16(13)5-2-6-16/h1,3-4,8,11,13H,2,5-7H2,(H,17,19)(H,18,20)(H,21,22). The minimum atomic E-state index is -0.817. The number of benzene rings is 1. The lowest BCUT2D eigenvalue weighted by atomic mass is 9.48. The summed E-state index contributed by atoms with van der Waals surface area (Å²) in [6.45, 7) is 0. The van der Waals surface area contributed by atoms with Gasteiger partial charge >= 0.3 is 5.97 Å². The highest BCUT2D eigenvalue weighted by atomic mass is 16.4. The summed E-state index contributed by atoms with van der Waals surface area (Å²) in [4.78, 5) is 23.9. The minimum absolute atomic E-state index is 0.0145. The van der Waals surface area contributed by atoms with E-state index < -0.39 is 11.9 Å². The molecule has 0 radical (unpaired) electrons. The van der Waals surface area contributed by atoms with Crippen molar-refractivity contribution in [2.45, 2.75) is 31.7 Å². The maximum Gasteiger partial charge on any atom is 0.308 e. The number of carbonyl (C=O) groups excluding carboxylic acids is 1. The van der Waals surface area contributed by atoms with Crippen LogP contribution in [0.2, 0.25) is 0 Å². The Labute approximate surface area is 126 Å². The van der Waals surface area contributed by atoms with Gasteiger partial charge in [0.05, 0.1) is 23.2 Å². The lowest BCUT2D eigenvalue weighted by Crippen LogP contribution is -2.66. The molecule has 0 aliphatic heterocycles. The number of H-pyrrole nitrogens is 1. The number of para-hydroxylation sites is 1. The van der Waals surface area contributed by atoms with Crippen LogP contribution < -0.4 is 5.32 Å². The van der Waals surface area contributed by atoms with Gasteiger partial charge in [-0.1, -0.05) is 18.6 Å². The molecule has 114 valence electrons. The second-order valence-corrected chi connectivity index (χ2v) is 6.46. The first-order valence-electron chi connectivity index (χ1n) is 7.56. The largest absolute Gasteiger partial charge is 0.481 e. The van der Waals surface area contributed by atoms with Crippen molar-refractivity contribution in [2.24, 2.45) is 11.3 Å². The molecule has 2 aromatic rings. The van der Waals surface area contributed by atoms with Crippen LogP contribution in [0.4, 0.5) is 0 Å². The molecule has 2 aliphatic carbocycles. The fraction of sp³-hybridized carbons (Fsp3) is 0.438. The summed E-state index contributed by atoms with van der Waals surface area (Å²) >= 11 is 0. The molecule has 2 fully saturated rings. The maximum absolute atomic E-state index is 12.6. The van der Waals surface area contributed by atoms with Crippen LogP contribution in [0, 0.1) is 11.3 Å². The summed E-state index contributed by atoms with van der Waals surface area (Å²) < 4.78 is 0. The van der Waals surface area contributed by atoms with Gasteiger partial charge in [0.1, 0.15) is 0 Å². The summed E-state index contributed by atoms with van der Waals surface area (Å²) in [5.74, 6) is -1.51. The highest BCUT2D eigenvalue weighted by Gasteiger charge is 2.59. The van der Waals surface area contributed by atoms with Crippen molar-refractivity contribution in [3.8, 4) is 0 Å². The first-order chi connectivity index (χ1) is 10.6. The van der Waals surface area contributed by atoms with E-state index in [1.807, 2.05) is 6.07 Å². The Balaban J connectivity index is 1.60. The Morgan fingerprint density at radius 1 is 1.36 bits per heavy atom. The van der Waals surface area contributed by atoms with E-state index in [2.05, 4.69) is 15.5 Å². The quantitative estimate of drug-likeness (QED) is 0.807. The van der Waals surface area contributed by atoms with Crippen LogP contribution in [-0.4, -0.2) is 33.2 Å². The van der Waals surface area contributed by atoms with Crippen LogP contribution in [0.3, 0.4) is 0 Å². The molecule has 1 aromatic carbocycles. The van der Waals surface area contributed by atoms with Gasteiger partial charge in [0.15, 0.2) is 0 Å². The number of hydrogen-bond donors (Lipinski definition) is 3. The number of aromatic amines is 1. The average molecular weight is 299 g/mol. The Morgan fingerprint density at radius 2 is 2.18 bits per heavy atom. The fourth-order valence-electron chi connectivity index (χ4n) is 3.96. The molecule has 1 heterocycles. The van der Waals surface area contributed by atoms with Gasteiger partial charge in [-0.2, -0.15) is 5.10 Å². The summed E-state index contributed by atoms with van der Waals surface area (Å²) in [5.41, 5.74) is 1.22. The third-order valence-corrected chi connectivity index (χ3v) is 5.36. The molecule has 3 N–H and O–H groups in total. The Morgan fingerprint density at radius 3 is 2.86 bits per heavy atom. The van der Waals surface area contributed by atoms with Crippen LogP contribution in [0.5, 0.6) is 0 Å². The summed E-state index contributed by atoms with van der Waals surface area (Å²) in [6.07, 6.45) is 5.49. The highest BCUT2D eigenvalue weighted by Crippen LogP contribution is 2.58. The summed E-state index contributed by atoms with van der Waals surface area (Å²) in [6, 6.07) is 5.16. The van der Waals surface area contributed by atoms with Crippen LogP contribution in [0.15, 0.2) is 24.4 Å². The molecular weight excluding hydrogens is 282 g/mol. The zero-order chi connectivity index (χ0) is 15.3. The van der Waals surface area contributed by atoms with Crippen LogP contribution in [-0.2, 0) is 4.79 Å². The number of hydrogen-bond acceptors (Lipinski definition) is 3. The van der Waals surface area contributed by atoms with Gasteiger partial charge in [0, 0.05) is 11.4 Å². The number of carbonyl (C=O) groups is 2. The Hall–Kier alpha value is -2.37. The van der Waals surface area contributed by atoms with E-state index in [1.54, 1.807) is 18.3 Å². The molecule has 22 heavy (non-hydrogen) atoms. The van der Waals surface area contributed by atoms with E-state index in [0.29, 0.717) is 17.5 Å². The van der Waals surface area contributed by atoms with E-state index in [-0.39, 0.29) is 17.4 Å². The van der Waals surface area contributed by atoms with Gasteiger partial charge in [-0.25, -0.2) is 0 Å². The van der Waals surface area contributed by atoms with Crippen LogP contribution >= 0.6 is 0 Å². The molecule has 2 atom stereocenters. The third kappa shape index (κ3) is 1.76. The van der Waals surface area contributed by atoms with Crippen LogP contribution in [0.1, 0.15) is 36.0 Å². The van der Waals surface area contributed by atoms with Crippen molar-refractivity contribution in [3.63, 3.8) is 0 Å². The average Bonchev–Trinajstić information content (AvgIpc) is 2.89. The van der Waals surface area contributed by atoms with Gasteiger partial charge in [-0.15, -0.1) is 0 Å². The van der Waals surface area contributed by atoms with Gasteiger partial charge < -0.3 is 10.4 Å². The SMILES string of the molecule is O=C(NC1C(C(=O)O)CC12CCC2)c1cccc2cn[nH]c12. The lowest BCUT2D eigenvalue weighted by molar-refractivity contribution is -0.159. The zero-order valence-electron chi connectivity index (χ0n) is 12.0. The molecule has 6 heteroatoms. The van der Waals surface area contributed by atoms with E-state index >= 15 is 0 Å². The van der Waals surface area contributed by atoms with Crippen molar-refractivity contribution < 1.29 is 14.7 Å². The number of rotatable bonds is 3. The van der Waals surface area contributed by atoms with E-state index in [4.69, 9.17) is 0 Å².